The summed E-state index contributed by atoms with van der Waals surface area (Å²) in [7, 11) is -1.20. The Morgan fingerprint density at radius 3 is 2.06 bits per heavy atom. The number of fused-ring (bicyclic) bond motifs is 2. The molecule has 0 aromatic heterocycles. The molecule has 162 valence electrons. The summed E-state index contributed by atoms with van der Waals surface area (Å²) in [5, 5.41) is 1.93. The SMILES string of the molecule is COC(=O)C1=C(OC(C)=O)C[C@@]2([Si](C)(c3ccccc3)c3ccccc3)O[C@H]1C[C@H]2C. The van der Waals surface area contributed by atoms with Crippen molar-refractivity contribution in [2.75, 3.05) is 7.11 Å². The summed E-state index contributed by atoms with van der Waals surface area (Å²) < 4.78 is 17.5. The second-order valence-corrected chi connectivity index (χ2v) is 12.8. The molecule has 0 spiro atoms. The molecule has 0 saturated carbocycles. The van der Waals surface area contributed by atoms with Gasteiger partial charge in [-0.1, -0.05) is 84.5 Å². The molecule has 2 heterocycles. The zero-order valence-electron chi connectivity index (χ0n) is 18.4. The van der Waals surface area contributed by atoms with Crippen LogP contribution in [0.2, 0.25) is 6.55 Å². The van der Waals surface area contributed by atoms with E-state index in [1.165, 1.54) is 24.4 Å². The third-order valence-electron chi connectivity index (χ3n) is 6.98. The van der Waals surface area contributed by atoms with Crippen LogP contribution in [0.5, 0.6) is 0 Å². The zero-order chi connectivity index (χ0) is 22.2. The maximum Gasteiger partial charge on any atom is 0.339 e. The van der Waals surface area contributed by atoms with Gasteiger partial charge in [-0.2, -0.15) is 0 Å². The van der Waals surface area contributed by atoms with Gasteiger partial charge in [0.15, 0.2) is 8.07 Å². The molecule has 0 unspecified atom stereocenters. The monoisotopic (exact) mass is 436 g/mol. The van der Waals surface area contributed by atoms with Gasteiger partial charge in [-0.05, 0) is 12.3 Å². The lowest BCUT2D eigenvalue weighted by Gasteiger charge is -2.49. The number of hydrogen-bond acceptors (Lipinski definition) is 5. The van der Waals surface area contributed by atoms with Crippen LogP contribution in [0.3, 0.4) is 0 Å². The standard InChI is InChI=1S/C25H28O5Si/c1-17-15-21-23(24(27)28-3)22(29-18(2)26)16-25(17,30-21)31(4,19-11-7-5-8-12-19)20-13-9-6-10-14-20/h5-14,17,21H,15-16H2,1-4H3/t17-,21+,25+/m1/s1. The maximum absolute atomic E-state index is 12.6. The van der Waals surface area contributed by atoms with E-state index >= 15 is 0 Å². The van der Waals surface area contributed by atoms with Crippen molar-refractivity contribution in [3.8, 4) is 0 Å². The molecule has 2 aromatic rings. The fourth-order valence-corrected chi connectivity index (χ4v) is 10.5. The summed E-state index contributed by atoms with van der Waals surface area (Å²) in [5.41, 5.74) is 0.343. The van der Waals surface area contributed by atoms with Crippen molar-refractivity contribution in [3.05, 3.63) is 72.0 Å². The van der Waals surface area contributed by atoms with Crippen LogP contribution >= 0.6 is 0 Å². The van der Waals surface area contributed by atoms with Crippen molar-refractivity contribution < 1.29 is 23.8 Å². The van der Waals surface area contributed by atoms with Crippen LogP contribution in [-0.4, -0.2) is 38.5 Å². The highest BCUT2D eigenvalue weighted by molar-refractivity contribution is 7.03. The molecule has 1 saturated heterocycles. The summed E-state index contributed by atoms with van der Waals surface area (Å²) in [4.78, 5) is 24.5. The summed E-state index contributed by atoms with van der Waals surface area (Å²) >= 11 is 0. The second kappa shape index (κ2) is 8.09. The van der Waals surface area contributed by atoms with E-state index in [1.807, 2.05) is 12.1 Å². The van der Waals surface area contributed by atoms with Crippen molar-refractivity contribution in [1.29, 1.82) is 0 Å². The normalized spacial score (nSPS) is 25.3. The average molecular weight is 437 g/mol. The lowest BCUT2D eigenvalue weighted by atomic mass is 10.0. The van der Waals surface area contributed by atoms with Gasteiger partial charge in [0.2, 0.25) is 0 Å². The van der Waals surface area contributed by atoms with Gasteiger partial charge in [0.1, 0.15) is 11.3 Å². The van der Waals surface area contributed by atoms with Crippen molar-refractivity contribution in [2.45, 2.75) is 44.6 Å². The molecule has 5 nitrogen and oxygen atoms in total. The molecule has 0 amide bonds. The van der Waals surface area contributed by atoms with Crippen molar-refractivity contribution in [3.63, 3.8) is 0 Å². The van der Waals surface area contributed by atoms with E-state index < -0.39 is 31.3 Å². The first-order chi connectivity index (χ1) is 14.8. The number of esters is 2. The Hall–Kier alpha value is -2.70. The van der Waals surface area contributed by atoms with Crippen LogP contribution in [0, 0.1) is 5.92 Å². The molecule has 2 aliphatic heterocycles. The van der Waals surface area contributed by atoms with Crippen LogP contribution in [0.25, 0.3) is 0 Å². The topological polar surface area (TPSA) is 61.8 Å². The summed E-state index contributed by atoms with van der Waals surface area (Å²) in [6.07, 6.45) is 0.586. The Balaban J connectivity index is 1.94. The fourth-order valence-electron chi connectivity index (χ4n) is 5.44. The van der Waals surface area contributed by atoms with Crippen molar-refractivity contribution in [2.24, 2.45) is 5.92 Å². The van der Waals surface area contributed by atoms with Gasteiger partial charge in [0.25, 0.3) is 0 Å². The summed E-state index contributed by atoms with van der Waals surface area (Å²) in [6.45, 7) is 5.87. The maximum atomic E-state index is 12.6. The van der Waals surface area contributed by atoms with Gasteiger partial charge in [-0.15, -0.1) is 0 Å². The lowest BCUT2D eigenvalue weighted by molar-refractivity contribution is -0.142. The number of methoxy groups -OCH3 is 1. The van der Waals surface area contributed by atoms with Gasteiger partial charge in [0, 0.05) is 13.3 Å². The zero-order valence-corrected chi connectivity index (χ0v) is 19.4. The third kappa shape index (κ3) is 3.34. The predicted octanol–water partition coefficient (Wildman–Crippen LogP) is 2.98. The molecule has 0 N–H and O–H groups in total. The van der Waals surface area contributed by atoms with E-state index in [0.717, 1.165) is 0 Å². The number of ether oxygens (including phenoxy) is 3. The number of carbonyl (C=O) groups is 2. The minimum absolute atomic E-state index is 0.155. The Morgan fingerprint density at radius 2 is 1.58 bits per heavy atom. The van der Waals surface area contributed by atoms with Crippen LogP contribution < -0.4 is 10.4 Å². The highest BCUT2D eigenvalue weighted by Crippen LogP contribution is 2.52. The van der Waals surface area contributed by atoms with E-state index in [2.05, 4.69) is 62.0 Å². The molecule has 1 fully saturated rings. The Morgan fingerprint density at radius 1 is 1.03 bits per heavy atom. The van der Waals surface area contributed by atoms with E-state index in [4.69, 9.17) is 14.2 Å². The molecule has 6 heteroatoms. The summed E-state index contributed by atoms with van der Waals surface area (Å²) in [5.74, 6) is -0.386. The second-order valence-electron chi connectivity index (χ2n) is 8.59. The van der Waals surface area contributed by atoms with Gasteiger partial charge in [-0.3, -0.25) is 4.79 Å². The molecule has 31 heavy (non-hydrogen) atoms. The molecule has 2 aliphatic rings. The first-order valence-electron chi connectivity index (χ1n) is 10.6. The highest BCUT2D eigenvalue weighted by Gasteiger charge is 2.64. The Kier molecular flexibility index (Phi) is 5.62. The highest BCUT2D eigenvalue weighted by atomic mass is 28.3. The van der Waals surface area contributed by atoms with Crippen molar-refractivity contribution in [1.82, 2.24) is 0 Å². The van der Waals surface area contributed by atoms with Crippen LogP contribution in [-0.2, 0) is 23.8 Å². The van der Waals surface area contributed by atoms with Crippen LogP contribution in [0.15, 0.2) is 72.0 Å². The van der Waals surface area contributed by atoms with Gasteiger partial charge < -0.3 is 14.2 Å². The molecule has 2 aromatic carbocycles. The molecule has 2 bridgehead atoms. The molecule has 0 radical (unpaired) electrons. The van der Waals surface area contributed by atoms with Crippen LogP contribution in [0.4, 0.5) is 0 Å². The number of carbonyl (C=O) groups excluding carboxylic acids is 2. The summed E-state index contributed by atoms with van der Waals surface area (Å²) in [6, 6.07) is 20.9. The third-order valence-corrected chi connectivity index (χ3v) is 12.4. The van der Waals surface area contributed by atoms with E-state index in [9.17, 15) is 9.59 Å². The lowest BCUT2D eigenvalue weighted by Crippen LogP contribution is -2.74. The molecule has 3 atom stereocenters. The Bertz CT molecular complexity index is 977. The fraction of sp³-hybridized carbons (Fsp3) is 0.360. The first-order valence-corrected chi connectivity index (χ1v) is 13.1. The number of benzene rings is 2. The number of hydrogen-bond donors (Lipinski definition) is 0. The van der Waals surface area contributed by atoms with E-state index in [-0.39, 0.29) is 5.92 Å². The van der Waals surface area contributed by atoms with E-state index in [1.54, 1.807) is 0 Å². The average Bonchev–Trinajstić information content (AvgIpc) is 3.05. The van der Waals surface area contributed by atoms with Gasteiger partial charge in [-0.25, -0.2) is 4.79 Å². The molecular weight excluding hydrogens is 408 g/mol. The van der Waals surface area contributed by atoms with Gasteiger partial charge >= 0.3 is 11.9 Å². The smallest absolute Gasteiger partial charge is 0.339 e. The van der Waals surface area contributed by atoms with Gasteiger partial charge in [0.05, 0.1) is 18.4 Å². The minimum atomic E-state index is -2.54. The minimum Gasteiger partial charge on any atom is -0.465 e. The van der Waals surface area contributed by atoms with Crippen molar-refractivity contribution >= 4 is 30.4 Å². The Labute approximate surface area is 184 Å². The molecular formula is C25H28O5Si. The first kappa shape index (κ1) is 21.5. The number of rotatable bonds is 5. The molecule has 0 aliphatic carbocycles. The van der Waals surface area contributed by atoms with E-state index in [0.29, 0.717) is 24.2 Å². The molecule has 4 rings (SSSR count). The quantitative estimate of drug-likeness (QED) is 0.533. The largest absolute Gasteiger partial charge is 0.465 e. The predicted molar refractivity (Wildman–Crippen MR) is 121 cm³/mol. The van der Waals surface area contributed by atoms with Crippen LogP contribution in [0.1, 0.15) is 26.7 Å².